The first-order chi connectivity index (χ1) is 65.4. The van der Waals surface area contributed by atoms with E-state index in [4.69, 9.17) is 41.8 Å². The molecule has 4 heterocycles. The van der Waals surface area contributed by atoms with Crippen LogP contribution in [0.2, 0.25) is 0 Å². The summed E-state index contributed by atoms with van der Waals surface area (Å²) in [5.41, 5.74) is 15.5. The molecule has 16 rings (SSSR count). The summed E-state index contributed by atoms with van der Waals surface area (Å²) in [6.45, 7) is 30.5. The molecule has 5 atom stereocenters. The highest BCUT2D eigenvalue weighted by Crippen LogP contribution is 2.45. The number of nitriles is 4. The molecule has 4 aliphatic rings. The van der Waals surface area contributed by atoms with Crippen LogP contribution in [0.4, 0.5) is 0 Å². The summed E-state index contributed by atoms with van der Waals surface area (Å²) < 4.78 is 110. The maximum Gasteiger partial charge on any atom is 0.312 e. The molecule has 0 bridgehead atoms. The second-order valence-electron chi connectivity index (χ2n) is 36.9. The molecule has 714 valence electrons. The van der Waals surface area contributed by atoms with Gasteiger partial charge >= 0.3 is 11.9 Å². The van der Waals surface area contributed by atoms with Gasteiger partial charge in [0.25, 0.3) is 23.6 Å². The zero-order chi connectivity index (χ0) is 98.4. The van der Waals surface area contributed by atoms with Crippen LogP contribution in [0, 0.1) is 56.2 Å². The number of hydrogen-bond acceptors (Lipinski definition) is 30. The van der Waals surface area contributed by atoms with Gasteiger partial charge in [-0.25, -0.2) is 26.3 Å². The van der Waals surface area contributed by atoms with E-state index in [1.807, 2.05) is 104 Å². The van der Waals surface area contributed by atoms with Gasteiger partial charge in [0.05, 0.1) is 84.2 Å². The lowest BCUT2D eigenvalue weighted by molar-refractivity contribution is -0.149. The van der Waals surface area contributed by atoms with Crippen molar-refractivity contribution >= 4 is 32.0 Å². The van der Waals surface area contributed by atoms with E-state index in [9.17, 15) is 47.5 Å². The van der Waals surface area contributed by atoms with Crippen molar-refractivity contribution in [2.45, 2.75) is 223 Å². The zero-order valence-corrected chi connectivity index (χ0v) is 81.6. The summed E-state index contributed by atoms with van der Waals surface area (Å²) >= 11 is 0. The number of rotatable bonds is 31. The Labute approximate surface area is 798 Å². The van der Waals surface area contributed by atoms with Crippen LogP contribution in [0.25, 0.3) is 91.4 Å². The molecular weight excluding hydrogens is 1780 g/mol. The Morgan fingerprint density at radius 1 is 0.431 bits per heavy atom. The first-order valence-electron chi connectivity index (χ1n) is 45.7. The highest BCUT2D eigenvalue weighted by Gasteiger charge is 2.39. The molecule has 32 nitrogen and oxygen atoms in total. The molecule has 4 aromatic heterocycles. The third-order valence-corrected chi connectivity index (χ3v) is 26.4. The topological polar surface area (TPSA) is 457 Å². The molecule has 0 saturated carbocycles. The van der Waals surface area contributed by atoms with E-state index in [0.717, 1.165) is 83.2 Å². The Balaban J connectivity index is 0.000000155. The van der Waals surface area contributed by atoms with Crippen molar-refractivity contribution in [1.82, 2.24) is 60.6 Å². The minimum absolute atomic E-state index is 0.00763. The van der Waals surface area contributed by atoms with Gasteiger partial charge in [-0.15, -0.1) is 0 Å². The molecule has 0 spiro atoms. The molecule has 0 aliphatic heterocycles. The van der Waals surface area contributed by atoms with E-state index in [1.54, 1.807) is 60.7 Å². The van der Waals surface area contributed by atoms with Gasteiger partial charge in [-0.1, -0.05) is 121 Å². The predicted molar refractivity (Wildman–Crippen MR) is 513 cm³/mol. The maximum absolute atomic E-state index is 12.9. The van der Waals surface area contributed by atoms with Crippen LogP contribution in [0.15, 0.2) is 164 Å². The van der Waals surface area contributed by atoms with Crippen LogP contribution in [0.5, 0.6) is 23.0 Å². The molecule has 0 fully saturated rings. The summed E-state index contributed by atoms with van der Waals surface area (Å²) in [5, 5.41) is 62.3. The van der Waals surface area contributed by atoms with Crippen molar-refractivity contribution in [3.63, 3.8) is 0 Å². The molecule has 12 aromatic rings. The lowest BCUT2D eigenvalue weighted by Crippen LogP contribution is -2.39. The normalized spacial score (nSPS) is 15.5. The minimum atomic E-state index is -3.79. The fourth-order valence-electron chi connectivity index (χ4n) is 16.9. The summed E-state index contributed by atoms with van der Waals surface area (Å²) in [5.74, 6) is 3.38. The first kappa shape index (κ1) is 101. The number of methoxy groups -OCH3 is 2. The zero-order valence-electron chi connectivity index (χ0n) is 80.0. The molecule has 4 N–H and O–H groups in total. The Morgan fingerprint density at radius 2 is 0.737 bits per heavy atom. The van der Waals surface area contributed by atoms with Crippen molar-refractivity contribution in [1.29, 1.82) is 21.0 Å². The molecular formula is C103H114N16O16S2. The van der Waals surface area contributed by atoms with E-state index in [0.29, 0.717) is 146 Å². The summed E-state index contributed by atoms with van der Waals surface area (Å²) in [6, 6.07) is 53.6. The van der Waals surface area contributed by atoms with Crippen molar-refractivity contribution in [2.24, 2.45) is 10.8 Å². The number of carbonyl (C=O) groups is 2. The molecule has 137 heavy (non-hydrogen) atoms. The molecule has 4 aliphatic carbocycles. The predicted octanol–water partition coefficient (Wildman–Crippen LogP) is 18.8. The average Bonchev–Trinajstić information content (AvgIpc) is 1.65. The van der Waals surface area contributed by atoms with Crippen molar-refractivity contribution < 1.29 is 72.9 Å². The molecule has 8 aromatic carbocycles. The molecule has 34 heteroatoms. The highest BCUT2D eigenvalue weighted by molar-refractivity contribution is 7.89. The summed E-state index contributed by atoms with van der Waals surface area (Å²) in [4.78, 5) is 41.7. The first-order valence-corrected chi connectivity index (χ1v) is 49.0. The van der Waals surface area contributed by atoms with E-state index in [-0.39, 0.29) is 53.8 Å². The van der Waals surface area contributed by atoms with Gasteiger partial charge in [-0.05, 0) is 257 Å². The summed E-state index contributed by atoms with van der Waals surface area (Å²) in [7, 11) is -5.00. The number of sulfonamides is 2. The van der Waals surface area contributed by atoms with E-state index in [2.05, 4.69) is 161 Å². The second-order valence-corrected chi connectivity index (χ2v) is 40.6. The quantitative estimate of drug-likeness (QED) is 0.0293. The fourth-order valence-corrected chi connectivity index (χ4v) is 19.9. The highest BCUT2D eigenvalue weighted by atomic mass is 32.2. The smallest absolute Gasteiger partial charge is 0.312 e. The third-order valence-electron chi connectivity index (χ3n) is 23.3. The van der Waals surface area contributed by atoms with Crippen LogP contribution in [-0.4, -0.2) is 132 Å². The molecule has 0 saturated heterocycles. The Morgan fingerprint density at radius 3 is 1.04 bits per heavy atom. The van der Waals surface area contributed by atoms with E-state index >= 15 is 0 Å². The number of carbonyl (C=O) groups excluding carboxylic acids is 2. The van der Waals surface area contributed by atoms with Crippen molar-refractivity contribution in [3.8, 4) is 139 Å². The monoisotopic (exact) mass is 1890 g/mol. The Bertz CT molecular complexity index is 6800. The number of fused-ring (bicyclic) bond motifs is 4. The largest absolute Gasteiger partial charge is 0.490 e. The summed E-state index contributed by atoms with van der Waals surface area (Å²) in [6.07, 6.45) is 7.20. The number of esters is 2. The van der Waals surface area contributed by atoms with Gasteiger partial charge in [0.15, 0.2) is 0 Å². The van der Waals surface area contributed by atoms with E-state index in [1.165, 1.54) is 50.3 Å². The van der Waals surface area contributed by atoms with Crippen LogP contribution < -0.4 is 39.0 Å². The SMILES string of the molecule is CC(C)Oc1ccc(-c2nc(-c3cccc4c3CC[C@H]4NCC(C)(C)C)no2)cc1C#N.CC[C@@H](C)N[C@@H]1CCc2c(-c3noc(-c4ccc(OC(C)C)c(C#N)c4)n3)cccc21.COC(=O)C(C)(C)CS(=O)(=O)N[C@H]1CCc2c(-c3noc(-c4ccc(OC(C)C)c(C#N)c4)n3)cccc21.COC(=O)CCS(=O)(=O)N[C@H]1CCc2c(-c3noc(-c4ccc(OC(C)C)c(C#N)c4)n3)cccc21. The number of hydrogen-bond donors (Lipinski definition) is 4. The lowest BCUT2D eigenvalue weighted by atomic mass is 9.96. The van der Waals surface area contributed by atoms with Gasteiger partial charge in [0.2, 0.25) is 43.3 Å². The lowest BCUT2D eigenvalue weighted by Gasteiger charge is -2.23. The van der Waals surface area contributed by atoms with Gasteiger partial charge in [-0.2, -0.15) is 41.0 Å². The molecule has 0 amide bonds. The number of aromatic nitrogens is 8. The van der Waals surface area contributed by atoms with Crippen LogP contribution in [0.3, 0.4) is 0 Å². The Hall–Kier alpha value is -13.8. The number of ether oxygens (including phenoxy) is 6. The van der Waals surface area contributed by atoms with Crippen LogP contribution >= 0.6 is 0 Å². The second kappa shape index (κ2) is 43.9. The average molecular weight is 1900 g/mol. The van der Waals surface area contributed by atoms with Gasteiger partial charge in [0.1, 0.15) is 47.3 Å². The maximum atomic E-state index is 12.9. The molecule has 0 radical (unpaired) electrons. The van der Waals surface area contributed by atoms with E-state index < -0.39 is 55.2 Å². The minimum Gasteiger partial charge on any atom is -0.490 e. The third kappa shape index (κ3) is 24.9. The van der Waals surface area contributed by atoms with Gasteiger partial charge in [0, 0.05) is 81.3 Å². The Kier molecular flexibility index (Phi) is 32.2. The number of nitrogens with zero attached hydrogens (tertiary/aromatic N) is 12. The van der Waals surface area contributed by atoms with Crippen molar-refractivity contribution in [3.05, 3.63) is 212 Å². The number of nitrogens with one attached hydrogen (secondary N) is 4. The standard InChI is InChI=1S/C27H30N4O6S.C26H30N4O2.C25H26N4O6S.C25H28N4O2/c1-16(2)36-23-12-9-17(13-18(23)14-28)25-29-24(30-37-25)21-8-6-7-20-19(21)10-11-22(20)31-38(33,34)15-27(3,4)26(32)35-5;1-16(2)31-23-12-9-17(13-18(23)14-27)25-29-24(30-32-25)21-8-6-7-20-19(21)10-11-22(20)28-15-26(3,4)5;1-15(2)34-22-10-7-16(13-17(22)14-26)25-27-24(28-35-25)20-6-4-5-19-18(20)8-9-21(19)29-36(31,32)12-11-23(30)33-3;1-5-16(4)27-22-11-10-19-20(22)7-6-8-21(19)24-28-25(31-29-24)17-9-12-23(30-15(2)3)18(13-17)14-26/h6-9,12-13,16,22,31H,10-11,15H2,1-5H3;6-9,12-13,16,22,28H,10-11,15H2,1-5H3;4-7,10,13,15,21,29H,8-9,11-12H2,1-3H3;6-9,12-13,15-16,22,27H,5,10-11H2,1-4H3/t2*22-;21-;16-,22-/m0101/s1. The van der Waals surface area contributed by atoms with Crippen LogP contribution in [0.1, 0.15) is 233 Å². The molecule has 0 unspecified atom stereocenters. The van der Waals surface area contributed by atoms with Crippen LogP contribution in [-0.2, 0) is 64.8 Å². The van der Waals surface area contributed by atoms with Crippen molar-refractivity contribution in [2.75, 3.05) is 32.3 Å². The van der Waals surface area contributed by atoms with Gasteiger partial charge in [-0.3, -0.25) is 9.59 Å². The fraction of sp³-hybridized carbons (Fsp3) is 0.398. The van der Waals surface area contributed by atoms with Gasteiger partial charge < -0.3 is 57.1 Å². The number of benzene rings is 8.